The van der Waals surface area contributed by atoms with E-state index in [1.165, 1.54) is 0 Å². The van der Waals surface area contributed by atoms with Crippen LogP contribution in [-0.2, 0) is 0 Å². The molecule has 1 fully saturated rings. The molecule has 0 aliphatic carbocycles. The Bertz CT molecular complexity index is 942. The van der Waals surface area contributed by atoms with Crippen molar-refractivity contribution < 1.29 is 4.79 Å². The van der Waals surface area contributed by atoms with Crippen LogP contribution in [0.5, 0.6) is 0 Å². The number of piperazine rings is 1. The first-order valence-electron chi connectivity index (χ1n) is 8.99. The van der Waals surface area contributed by atoms with Crippen molar-refractivity contribution in [3.05, 3.63) is 71.1 Å². The SMILES string of the molecule is O=C(c1ccc(Br)cc1)N1CCN(c2cc(Nc3ccccn3)ncn2)CC1. The molecule has 142 valence electrons. The lowest BCUT2D eigenvalue weighted by Gasteiger charge is -2.35. The number of nitrogens with one attached hydrogen (secondary N) is 1. The number of pyridine rings is 1. The Morgan fingerprint density at radius 3 is 2.43 bits per heavy atom. The molecule has 1 N–H and O–H groups in total. The highest BCUT2D eigenvalue weighted by atomic mass is 79.9. The summed E-state index contributed by atoms with van der Waals surface area (Å²) in [5, 5.41) is 3.18. The summed E-state index contributed by atoms with van der Waals surface area (Å²) in [7, 11) is 0. The van der Waals surface area contributed by atoms with E-state index in [1.807, 2.05) is 53.4 Å². The molecule has 8 heteroatoms. The monoisotopic (exact) mass is 438 g/mol. The van der Waals surface area contributed by atoms with Crippen molar-refractivity contribution in [2.45, 2.75) is 0 Å². The summed E-state index contributed by atoms with van der Waals surface area (Å²) in [5.74, 6) is 2.32. The number of halogens is 1. The fourth-order valence-electron chi connectivity index (χ4n) is 3.07. The van der Waals surface area contributed by atoms with Crippen LogP contribution >= 0.6 is 15.9 Å². The van der Waals surface area contributed by atoms with Gasteiger partial charge >= 0.3 is 0 Å². The standard InChI is InChI=1S/C20H19BrN6O/c21-16-6-4-15(5-7-16)20(28)27-11-9-26(10-12-27)19-13-18(23-14-24-19)25-17-3-1-2-8-22-17/h1-8,13-14H,9-12H2,(H,22,23,24,25). The molecule has 1 amide bonds. The Kier molecular flexibility index (Phi) is 5.48. The van der Waals surface area contributed by atoms with Crippen molar-refractivity contribution in [1.29, 1.82) is 0 Å². The number of nitrogens with zero attached hydrogens (tertiary/aromatic N) is 5. The highest BCUT2D eigenvalue weighted by Crippen LogP contribution is 2.19. The molecule has 3 aromatic rings. The smallest absolute Gasteiger partial charge is 0.253 e. The number of amides is 1. The highest BCUT2D eigenvalue weighted by Gasteiger charge is 2.23. The van der Waals surface area contributed by atoms with E-state index in [2.05, 4.69) is 41.1 Å². The van der Waals surface area contributed by atoms with Crippen LogP contribution < -0.4 is 10.2 Å². The van der Waals surface area contributed by atoms with E-state index in [4.69, 9.17) is 0 Å². The second-order valence-corrected chi connectivity index (χ2v) is 7.30. The van der Waals surface area contributed by atoms with Crippen LogP contribution in [0, 0.1) is 0 Å². The van der Waals surface area contributed by atoms with Gasteiger partial charge in [0.1, 0.15) is 23.8 Å². The first-order chi connectivity index (χ1) is 13.7. The van der Waals surface area contributed by atoms with E-state index >= 15 is 0 Å². The normalized spacial score (nSPS) is 14.0. The molecule has 1 saturated heterocycles. The fraction of sp³-hybridized carbons (Fsp3) is 0.200. The van der Waals surface area contributed by atoms with Gasteiger partial charge in [0.2, 0.25) is 0 Å². The lowest BCUT2D eigenvalue weighted by atomic mass is 10.2. The first-order valence-corrected chi connectivity index (χ1v) is 9.78. The summed E-state index contributed by atoms with van der Waals surface area (Å²) in [6, 6.07) is 15.0. The molecular formula is C20H19BrN6O. The van der Waals surface area contributed by atoms with Crippen LogP contribution in [-0.4, -0.2) is 51.9 Å². The minimum atomic E-state index is 0.0624. The average Bonchev–Trinajstić information content (AvgIpc) is 2.75. The average molecular weight is 439 g/mol. The molecule has 0 bridgehead atoms. The Morgan fingerprint density at radius 1 is 0.929 bits per heavy atom. The number of carbonyl (C=O) groups is 1. The summed E-state index contributed by atoms with van der Waals surface area (Å²) in [6.45, 7) is 2.76. The maximum absolute atomic E-state index is 12.7. The van der Waals surface area contributed by atoms with Crippen molar-refractivity contribution in [2.24, 2.45) is 0 Å². The highest BCUT2D eigenvalue weighted by molar-refractivity contribution is 9.10. The van der Waals surface area contributed by atoms with E-state index in [-0.39, 0.29) is 5.91 Å². The molecule has 1 aromatic carbocycles. The van der Waals surface area contributed by atoms with Gasteiger partial charge in [0.25, 0.3) is 5.91 Å². The number of aromatic nitrogens is 3. The third-order valence-corrected chi connectivity index (χ3v) is 5.08. The molecule has 0 atom stereocenters. The molecule has 0 unspecified atom stereocenters. The van der Waals surface area contributed by atoms with Gasteiger partial charge in [0.15, 0.2) is 0 Å². The summed E-state index contributed by atoms with van der Waals surface area (Å²) < 4.78 is 0.966. The van der Waals surface area contributed by atoms with E-state index in [0.29, 0.717) is 24.5 Å². The second-order valence-electron chi connectivity index (χ2n) is 6.39. The summed E-state index contributed by atoms with van der Waals surface area (Å²) in [5.41, 5.74) is 0.709. The minimum absolute atomic E-state index is 0.0624. The topological polar surface area (TPSA) is 74.2 Å². The quantitative estimate of drug-likeness (QED) is 0.673. The number of carbonyl (C=O) groups excluding carboxylic acids is 1. The Balaban J connectivity index is 1.39. The van der Waals surface area contributed by atoms with E-state index < -0.39 is 0 Å². The number of anilines is 3. The summed E-state index contributed by atoms with van der Waals surface area (Å²) in [6.07, 6.45) is 3.27. The minimum Gasteiger partial charge on any atom is -0.353 e. The number of hydrogen-bond acceptors (Lipinski definition) is 6. The molecule has 1 aliphatic heterocycles. The van der Waals surface area contributed by atoms with Crippen molar-refractivity contribution >= 4 is 39.3 Å². The molecule has 3 heterocycles. The van der Waals surface area contributed by atoms with Gasteiger partial charge in [0.05, 0.1) is 0 Å². The third kappa shape index (κ3) is 4.28. The van der Waals surface area contributed by atoms with Crippen LogP contribution in [0.25, 0.3) is 0 Å². The van der Waals surface area contributed by atoms with Crippen LogP contribution in [0.1, 0.15) is 10.4 Å². The van der Waals surface area contributed by atoms with Crippen LogP contribution in [0.2, 0.25) is 0 Å². The molecule has 0 radical (unpaired) electrons. The largest absolute Gasteiger partial charge is 0.353 e. The predicted octanol–water partition coefficient (Wildman–Crippen LogP) is 3.34. The van der Waals surface area contributed by atoms with Gasteiger partial charge in [-0.1, -0.05) is 22.0 Å². The molecule has 4 rings (SSSR count). The lowest BCUT2D eigenvalue weighted by Crippen LogP contribution is -2.49. The Labute approximate surface area is 171 Å². The molecule has 28 heavy (non-hydrogen) atoms. The second kappa shape index (κ2) is 8.35. The molecular weight excluding hydrogens is 420 g/mol. The molecule has 0 spiro atoms. The third-order valence-electron chi connectivity index (χ3n) is 4.56. The van der Waals surface area contributed by atoms with Crippen LogP contribution in [0.4, 0.5) is 17.5 Å². The van der Waals surface area contributed by atoms with Gasteiger partial charge in [-0.05, 0) is 36.4 Å². The van der Waals surface area contributed by atoms with E-state index in [1.54, 1.807) is 12.5 Å². The van der Waals surface area contributed by atoms with Crippen molar-refractivity contribution in [1.82, 2.24) is 19.9 Å². The van der Waals surface area contributed by atoms with E-state index in [0.717, 1.165) is 29.2 Å². The maximum atomic E-state index is 12.7. The van der Waals surface area contributed by atoms with Crippen molar-refractivity contribution in [3.8, 4) is 0 Å². The van der Waals surface area contributed by atoms with Gasteiger partial charge in [-0.25, -0.2) is 15.0 Å². The molecule has 1 aliphatic rings. The zero-order chi connectivity index (χ0) is 19.3. The lowest BCUT2D eigenvalue weighted by molar-refractivity contribution is 0.0746. The molecule has 0 saturated carbocycles. The van der Waals surface area contributed by atoms with Gasteiger partial charge in [-0.15, -0.1) is 0 Å². The number of benzene rings is 1. The summed E-state index contributed by atoms with van der Waals surface area (Å²) in [4.78, 5) is 29.6. The predicted molar refractivity (Wildman–Crippen MR) is 112 cm³/mol. The van der Waals surface area contributed by atoms with Gasteiger partial charge in [0, 0.05) is 48.5 Å². The van der Waals surface area contributed by atoms with E-state index in [9.17, 15) is 4.79 Å². The molecule has 2 aromatic heterocycles. The Hall–Kier alpha value is -3.00. The fourth-order valence-corrected chi connectivity index (χ4v) is 3.33. The maximum Gasteiger partial charge on any atom is 0.253 e. The van der Waals surface area contributed by atoms with Gasteiger partial charge in [-0.3, -0.25) is 4.79 Å². The Morgan fingerprint density at radius 2 is 1.71 bits per heavy atom. The van der Waals surface area contributed by atoms with Gasteiger partial charge < -0.3 is 15.1 Å². The molecule has 7 nitrogen and oxygen atoms in total. The summed E-state index contributed by atoms with van der Waals surface area (Å²) >= 11 is 3.40. The first kappa shape index (κ1) is 18.4. The van der Waals surface area contributed by atoms with Crippen LogP contribution in [0.15, 0.2) is 65.5 Å². The zero-order valence-corrected chi connectivity index (χ0v) is 16.7. The van der Waals surface area contributed by atoms with Crippen LogP contribution in [0.3, 0.4) is 0 Å². The van der Waals surface area contributed by atoms with Gasteiger partial charge in [-0.2, -0.15) is 0 Å². The number of rotatable bonds is 4. The van der Waals surface area contributed by atoms with Crippen molar-refractivity contribution in [2.75, 3.05) is 36.4 Å². The zero-order valence-electron chi connectivity index (χ0n) is 15.1. The van der Waals surface area contributed by atoms with Crippen molar-refractivity contribution in [3.63, 3.8) is 0 Å². The number of hydrogen-bond donors (Lipinski definition) is 1.